The maximum Gasteiger partial charge on any atom is 0.149 e. The van der Waals surface area contributed by atoms with Crippen LogP contribution in [0.15, 0.2) is 170 Å². The minimum atomic E-state index is 0.860. The highest BCUT2D eigenvalue weighted by Gasteiger charge is 2.23. The number of fused-ring (bicyclic) bond motifs is 12. The molecule has 0 aliphatic heterocycles. The van der Waals surface area contributed by atoms with Gasteiger partial charge in [-0.1, -0.05) is 115 Å². The molecule has 0 atom stereocenters. The Morgan fingerprint density at radius 3 is 1.26 bits per heavy atom. The molecule has 0 amide bonds. The number of aromatic nitrogens is 6. The molecule has 0 fully saturated rings. The van der Waals surface area contributed by atoms with Gasteiger partial charge in [-0.05, 0) is 87.3 Å². The van der Waals surface area contributed by atoms with Crippen molar-refractivity contribution in [3.05, 3.63) is 170 Å². The lowest BCUT2D eigenvalue weighted by Crippen LogP contribution is -2.00. The largest absolute Gasteiger partial charge is 0.276 e. The third kappa shape index (κ3) is 4.05. The Labute approximate surface area is 308 Å². The van der Waals surface area contributed by atoms with Crippen LogP contribution in [0.2, 0.25) is 0 Å². The number of rotatable bonds is 3. The van der Waals surface area contributed by atoms with Crippen molar-refractivity contribution in [1.29, 1.82) is 0 Å². The smallest absolute Gasteiger partial charge is 0.149 e. The molecule has 0 aliphatic rings. The second-order valence-electron chi connectivity index (χ2n) is 13.8. The minimum Gasteiger partial charge on any atom is -0.276 e. The van der Waals surface area contributed by atoms with E-state index in [-0.39, 0.29) is 0 Å². The molecule has 4 aromatic heterocycles. The number of benzene rings is 8. The number of hydrogen-bond acceptors (Lipinski definition) is 4. The van der Waals surface area contributed by atoms with Crippen LogP contribution in [0.3, 0.4) is 0 Å². The summed E-state index contributed by atoms with van der Waals surface area (Å²) in [5.41, 5.74) is 12.0. The van der Waals surface area contributed by atoms with E-state index in [4.69, 9.17) is 19.9 Å². The van der Waals surface area contributed by atoms with E-state index in [9.17, 15) is 0 Å². The molecule has 0 unspecified atom stereocenters. The van der Waals surface area contributed by atoms with E-state index in [1.807, 2.05) is 18.2 Å². The fourth-order valence-electron chi connectivity index (χ4n) is 8.55. The van der Waals surface area contributed by atoms with Gasteiger partial charge in [0.15, 0.2) is 0 Å². The van der Waals surface area contributed by atoms with Gasteiger partial charge < -0.3 is 0 Å². The summed E-state index contributed by atoms with van der Waals surface area (Å²) >= 11 is 0. The predicted octanol–water partition coefficient (Wildman–Crippen LogP) is 11.7. The lowest BCUT2D eigenvalue weighted by molar-refractivity contribution is 1.16. The van der Waals surface area contributed by atoms with E-state index in [0.717, 1.165) is 105 Å². The first-order chi connectivity index (χ1) is 26.8. The summed E-state index contributed by atoms with van der Waals surface area (Å²) in [6, 6.07) is 59.5. The normalized spacial score (nSPS) is 12.1. The van der Waals surface area contributed by atoms with Crippen molar-refractivity contribution in [3.63, 3.8) is 0 Å². The van der Waals surface area contributed by atoms with E-state index in [2.05, 4.69) is 160 Å². The maximum absolute atomic E-state index is 5.43. The lowest BCUT2D eigenvalue weighted by Gasteiger charge is -2.19. The molecule has 54 heavy (non-hydrogen) atoms. The third-order valence-electron chi connectivity index (χ3n) is 10.9. The van der Waals surface area contributed by atoms with E-state index < -0.39 is 0 Å². The Hall–Kier alpha value is -7.44. The van der Waals surface area contributed by atoms with Crippen LogP contribution in [0.25, 0.3) is 111 Å². The zero-order chi connectivity index (χ0) is 35.3. The number of para-hydroxylation sites is 6. The van der Waals surface area contributed by atoms with Crippen molar-refractivity contribution in [1.82, 2.24) is 28.7 Å². The molecule has 6 heteroatoms. The zero-order valence-corrected chi connectivity index (χ0v) is 28.8. The fraction of sp³-hybridized carbons (Fsp3) is 0. The van der Waals surface area contributed by atoms with E-state index in [0.29, 0.717) is 0 Å². The molecule has 4 heterocycles. The van der Waals surface area contributed by atoms with Gasteiger partial charge in [0.2, 0.25) is 0 Å². The van der Waals surface area contributed by atoms with E-state index in [1.165, 1.54) is 5.56 Å². The molecular weight excluding hydrogens is 661 g/mol. The summed E-state index contributed by atoms with van der Waals surface area (Å²) < 4.78 is 4.46. The topological polar surface area (TPSA) is 60.4 Å². The van der Waals surface area contributed by atoms with Gasteiger partial charge in [-0.3, -0.25) is 8.80 Å². The van der Waals surface area contributed by atoms with Crippen molar-refractivity contribution in [3.8, 4) is 33.9 Å². The molecule has 0 aliphatic carbocycles. The highest BCUT2D eigenvalue weighted by molar-refractivity contribution is 6.21. The molecule has 0 bridgehead atoms. The van der Waals surface area contributed by atoms with Crippen molar-refractivity contribution in [2.24, 2.45) is 0 Å². The fourth-order valence-corrected chi connectivity index (χ4v) is 8.55. The van der Waals surface area contributed by atoms with Crippen LogP contribution < -0.4 is 0 Å². The molecule has 8 aromatic carbocycles. The molecule has 12 rings (SSSR count). The predicted molar refractivity (Wildman–Crippen MR) is 221 cm³/mol. The average Bonchev–Trinajstić information content (AvgIpc) is 3.82. The molecular formula is C48H28N6. The van der Waals surface area contributed by atoms with Gasteiger partial charge >= 0.3 is 0 Å². The van der Waals surface area contributed by atoms with Crippen molar-refractivity contribution < 1.29 is 0 Å². The monoisotopic (exact) mass is 688 g/mol. The SMILES string of the molecule is c1cc(-c2c3ccccc3c(-c3nc4ccccc4c4nc5ccccc5n34)c3ccccc23)cc(-c2nc3ccccc3c3nc4ccccc4n23)c1. The van der Waals surface area contributed by atoms with Crippen LogP contribution in [-0.2, 0) is 0 Å². The number of hydrogen-bond donors (Lipinski definition) is 0. The molecule has 12 aromatic rings. The van der Waals surface area contributed by atoms with Gasteiger partial charge in [0.05, 0.1) is 33.1 Å². The number of imidazole rings is 2. The van der Waals surface area contributed by atoms with Crippen LogP contribution >= 0.6 is 0 Å². The number of nitrogens with zero attached hydrogens (tertiary/aromatic N) is 6. The Balaban J connectivity index is 1.17. The minimum absolute atomic E-state index is 0.860. The Morgan fingerprint density at radius 2 is 0.704 bits per heavy atom. The molecule has 0 spiro atoms. The lowest BCUT2D eigenvalue weighted by atomic mass is 9.87. The van der Waals surface area contributed by atoms with Gasteiger partial charge in [-0.2, -0.15) is 0 Å². The van der Waals surface area contributed by atoms with Crippen LogP contribution in [0, 0.1) is 0 Å². The summed E-state index contributed by atoms with van der Waals surface area (Å²) in [6.07, 6.45) is 0. The Kier molecular flexibility index (Phi) is 5.96. The summed E-state index contributed by atoms with van der Waals surface area (Å²) in [7, 11) is 0. The van der Waals surface area contributed by atoms with Crippen LogP contribution in [0.5, 0.6) is 0 Å². The molecule has 250 valence electrons. The standard InChI is InChI=1S/C48H28N6/c1-3-18-33-31(16-1)43(29-14-13-15-30(28-29)45-49-37-22-7-5-20-35(37)46-51-39-24-9-11-26-41(39)53(45)46)32-17-2-4-19-34(32)44(33)48-50-38-23-8-6-21-36(38)47-52-40-25-10-12-27-42(40)54(47)48/h1-28H. The van der Waals surface area contributed by atoms with E-state index in [1.54, 1.807) is 0 Å². The van der Waals surface area contributed by atoms with E-state index >= 15 is 0 Å². The van der Waals surface area contributed by atoms with Crippen molar-refractivity contribution >= 4 is 76.7 Å². The maximum atomic E-state index is 5.43. The van der Waals surface area contributed by atoms with Crippen LogP contribution in [0.1, 0.15) is 0 Å². The van der Waals surface area contributed by atoms with Gasteiger partial charge in [-0.15, -0.1) is 0 Å². The second kappa shape index (κ2) is 11.0. The third-order valence-corrected chi connectivity index (χ3v) is 10.9. The molecule has 6 nitrogen and oxygen atoms in total. The highest BCUT2D eigenvalue weighted by Crippen LogP contribution is 2.45. The van der Waals surface area contributed by atoms with Gasteiger partial charge in [-0.25, -0.2) is 19.9 Å². The van der Waals surface area contributed by atoms with Gasteiger partial charge in [0, 0.05) is 21.9 Å². The first-order valence-corrected chi connectivity index (χ1v) is 18.2. The first kappa shape index (κ1) is 29.2. The zero-order valence-electron chi connectivity index (χ0n) is 28.8. The molecule has 0 radical (unpaired) electrons. The summed E-state index contributed by atoms with van der Waals surface area (Å²) in [6.45, 7) is 0. The molecule has 0 N–H and O–H groups in total. The van der Waals surface area contributed by atoms with Gasteiger partial charge in [0.1, 0.15) is 22.9 Å². The Morgan fingerprint density at radius 1 is 0.296 bits per heavy atom. The first-order valence-electron chi connectivity index (χ1n) is 18.2. The Bertz CT molecular complexity index is 3460. The van der Waals surface area contributed by atoms with Gasteiger partial charge in [0.25, 0.3) is 0 Å². The quantitative estimate of drug-likeness (QED) is 0.173. The summed E-state index contributed by atoms with van der Waals surface area (Å²) in [4.78, 5) is 21.0. The van der Waals surface area contributed by atoms with Crippen LogP contribution in [0.4, 0.5) is 0 Å². The summed E-state index contributed by atoms with van der Waals surface area (Å²) in [5.74, 6) is 1.74. The van der Waals surface area contributed by atoms with Crippen LogP contribution in [-0.4, -0.2) is 28.7 Å². The highest BCUT2D eigenvalue weighted by atomic mass is 15.1. The molecule has 0 saturated carbocycles. The summed E-state index contributed by atoms with van der Waals surface area (Å²) in [5, 5.41) is 6.63. The average molecular weight is 689 g/mol. The second-order valence-corrected chi connectivity index (χ2v) is 13.8. The van der Waals surface area contributed by atoms with Crippen molar-refractivity contribution in [2.75, 3.05) is 0 Å². The van der Waals surface area contributed by atoms with Crippen molar-refractivity contribution in [2.45, 2.75) is 0 Å². The molecule has 0 saturated heterocycles.